The van der Waals surface area contributed by atoms with E-state index in [2.05, 4.69) is 16.0 Å². The molecule has 1 aliphatic heterocycles. The molecule has 2 amide bonds. The van der Waals surface area contributed by atoms with Crippen LogP contribution in [0.15, 0.2) is 0 Å². The maximum absolute atomic E-state index is 12.4. The van der Waals surface area contributed by atoms with Gasteiger partial charge in [-0.1, -0.05) is 0 Å². The Kier molecular flexibility index (Phi) is 4.78. The molecular formula is C16H23N3O2S. The molecule has 1 saturated heterocycles. The Labute approximate surface area is 134 Å². The van der Waals surface area contributed by atoms with Gasteiger partial charge in [-0.25, -0.2) is 0 Å². The summed E-state index contributed by atoms with van der Waals surface area (Å²) >= 11 is 1.59. The maximum Gasteiger partial charge on any atom is 0.254 e. The first kappa shape index (κ1) is 15.5. The van der Waals surface area contributed by atoms with E-state index in [1.807, 2.05) is 6.92 Å². The van der Waals surface area contributed by atoms with Crippen molar-refractivity contribution in [1.29, 1.82) is 0 Å². The highest BCUT2D eigenvalue weighted by Crippen LogP contribution is 2.38. The minimum atomic E-state index is -0.0539. The zero-order valence-corrected chi connectivity index (χ0v) is 13.8. The third-order valence-corrected chi connectivity index (χ3v) is 5.61. The minimum Gasteiger partial charge on any atom is -0.352 e. The zero-order valence-electron chi connectivity index (χ0n) is 13.0. The number of hydrogen-bond acceptors (Lipinski definition) is 4. The normalized spacial score (nSPS) is 20.5. The van der Waals surface area contributed by atoms with Gasteiger partial charge in [0, 0.05) is 18.0 Å². The van der Waals surface area contributed by atoms with Crippen molar-refractivity contribution < 1.29 is 9.59 Å². The topological polar surface area (TPSA) is 70.2 Å². The van der Waals surface area contributed by atoms with Gasteiger partial charge >= 0.3 is 0 Å². The number of anilines is 1. The fraction of sp³-hybridized carbons (Fsp3) is 0.625. The molecule has 1 unspecified atom stereocenters. The van der Waals surface area contributed by atoms with Gasteiger partial charge in [0.05, 0.1) is 11.5 Å². The first-order chi connectivity index (χ1) is 10.7. The fourth-order valence-electron chi connectivity index (χ4n) is 3.24. The molecule has 1 atom stereocenters. The number of hydrogen-bond donors (Lipinski definition) is 3. The number of carbonyl (C=O) groups is 2. The lowest BCUT2D eigenvalue weighted by Gasteiger charge is -2.13. The number of carbonyl (C=O) groups excluding carboxylic acids is 2. The average molecular weight is 321 g/mol. The van der Waals surface area contributed by atoms with E-state index in [4.69, 9.17) is 0 Å². The van der Waals surface area contributed by atoms with Gasteiger partial charge in [-0.2, -0.15) is 0 Å². The molecule has 0 spiro atoms. The molecule has 6 heteroatoms. The lowest BCUT2D eigenvalue weighted by Crippen LogP contribution is -2.28. The van der Waals surface area contributed by atoms with Crippen molar-refractivity contribution in [1.82, 2.24) is 10.6 Å². The van der Waals surface area contributed by atoms with Crippen LogP contribution in [-0.2, 0) is 17.6 Å². The van der Waals surface area contributed by atoms with Crippen LogP contribution in [0.5, 0.6) is 0 Å². The van der Waals surface area contributed by atoms with Gasteiger partial charge in [-0.3, -0.25) is 9.59 Å². The molecule has 5 nitrogen and oxygen atoms in total. The van der Waals surface area contributed by atoms with Gasteiger partial charge in [0.15, 0.2) is 0 Å². The molecule has 0 radical (unpaired) electrons. The third kappa shape index (κ3) is 3.03. The van der Waals surface area contributed by atoms with Gasteiger partial charge in [0.25, 0.3) is 5.91 Å². The molecule has 1 aromatic heterocycles. The van der Waals surface area contributed by atoms with Crippen LogP contribution in [0.25, 0.3) is 0 Å². The zero-order chi connectivity index (χ0) is 15.5. The quantitative estimate of drug-likeness (QED) is 0.793. The first-order valence-corrected chi connectivity index (χ1v) is 8.96. The van der Waals surface area contributed by atoms with Crippen molar-refractivity contribution in [3.05, 3.63) is 16.0 Å². The minimum absolute atomic E-state index is 0.0150. The van der Waals surface area contributed by atoms with E-state index in [0.717, 1.165) is 49.3 Å². The van der Waals surface area contributed by atoms with Crippen LogP contribution < -0.4 is 16.0 Å². The standard InChI is InChI=1S/C16H23N3O2S/c1-2-18-15(21)13-11-5-3-4-6-12(11)22-16(13)19-14(20)10-7-8-17-9-10/h10,17H,2-9H2,1H3,(H,18,21)(H,19,20). The number of thiophene rings is 1. The highest BCUT2D eigenvalue weighted by atomic mass is 32.1. The number of nitrogens with one attached hydrogen (secondary N) is 3. The van der Waals surface area contributed by atoms with Crippen LogP contribution in [0.1, 0.15) is 47.0 Å². The summed E-state index contributed by atoms with van der Waals surface area (Å²) in [7, 11) is 0. The Hall–Kier alpha value is -1.40. The number of rotatable bonds is 4. The largest absolute Gasteiger partial charge is 0.352 e. The second-order valence-corrected chi connectivity index (χ2v) is 7.06. The number of aryl methyl sites for hydroxylation is 1. The molecule has 120 valence electrons. The Morgan fingerprint density at radius 1 is 1.32 bits per heavy atom. The molecule has 0 bridgehead atoms. The maximum atomic E-state index is 12.4. The van der Waals surface area contributed by atoms with Gasteiger partial charge < -0.3 is 16.0 Å². The van der Waals surface area contributed by atoms with E-state index in [9.17, 15) is 9.59 Å². The van der Waals surface area contributed by atoms with Crippen molar-refractivity contribution in [2.24, 2.45) is 5.92 Å². The fourth-order valence-corrected chi connectivity index (χ4v) is 4.53. The van der Waals surface area contributed by atoms with Crippen molar-refractivity contribution in [2.75, 3.05) is 25.0 Å². The Morgan fingerprint density at radius 2 is 2.14 bits per heavy atom. The summed E-state index contributed by atoms with van der Waals surface area (Å²) < 4.78 is 0. The van der Waals surface area contributed by atoms with Gasteiger partial charge in [-0.05, 0) is 51.1 Å². The third-order valence-electron chi connectivity index (χ3n) is 4.40. The van der Waals surface area contributed by atoms with Crippen LogP contribution in [0, 0.1) is 5.92 Å². The second kappa shape index (κ2) is 6.79. The molecule has 3 rings (SSSR count). The molecule has 1 aromatic rings. The molecule has 0 saturated carbocycles. The van der Waals surface area contributed by atoms with E-state index in [1.165, 1.54) is 11.3 Å². The summed E-state index contributed by atoms with van der Waals surface area (Å²) in [6.45, 7) is 4.14. The molecule has 22 heavy (non-hydrogen) atoms. The lowest BCUT2D eigenvalue weighted by molar-refractivity contribution is -0.119. The van der Waals surface area contributed by atoms with Crippen molar-refractivity contribution in [3.8, 4) is 0 Å². The monoisotopic (exact) mass is 321 g/mol. The smallest absolute Gasteiger partial charge is 0.254 e. The lowest BCUT2D eigenvalue weighted by atomic mass is 9.95. The Balaban J connectivity index is 1.86. The SMILES string of the molecule is CCNC(=O)c1c(NC(=O)C2CCNC2)sc2c1CCCC2. The Bertz CT molecular complexity index is 576. The highest BCUT2D eigenvalue weighted by molar-refractivity contribution is 7.17. The van der Waals surface area contributed by atoms with E-state index in [0.29, 0.717) is 12.1 Å². The molecule has 3 N–H and O–H groups in total. The molecule has 2 heterocycles. The van der Waals surface area contributed by atoms with Gasteiger partial charge in [-0.15, -0.1) is 11.3 Å². The highest BCUT2D eigenvalue weighted by Gasteiger charge is 2.28. The molecule has 0 aromatic carbocycles. The second-order valence-electron chi connectivity index (χ2n) is 5.95. The average Bonchev–Trinajstić information content (AvgIpc) is 3.14. The van der Waals surface area contributed by atoms with Crippen LogP contribution in [0.3, 0.4) is 0 Å². The summed E-state index contributed by atoms with van der Waals surface area (Å²) in [5.74, 6) is -0.00268. The predicted molar refractivity (Wildman–Crippen MR) is 88.6 cm³/mol. The van der Waals surface area contributed by atoms with E-state index >= 15 is 0 Å². The summed E-state index contributed by atoms with van der Waals surface area (Å²) in [6, 6.07) is 0. The number of amides is 2. The molecule has 1 aliphatic carbocycles. The van der Waals surface area contributed by atoms with Crippen molar-refractivity contribution in [2.45, 2.75) is 39.0 Å². The summed E-state index contributed by atoms with van der Waals surface area (Å²) in [4.78, 5) is 26.1. The van der Waals surface area contributed by atoms with E-state index < -0.39 is 0 Å². The van der Waals surface area contributed by atoms with Crippen LogP contribution in [0.2, 0.25) is 0 Å². The van der Waals surface area contributed by atoms with Crippen LogP contribution in [-0.4, -0.2) is 31.4 Å². The van der Waals surface area contributed by atoms with Crippen LogP contribution in [0.4, 0.5) is 5.00 Å². The van der Waals surface area contributed by atoms with Crippen molar-refractivity contribution in [3.63, 3.8) is 0 Å². The van der Waals surface area contributed by atoms with Gasteiger partial charge in [0.2, 0.25) is 5.91 Å². The Morgan fingerprint density at radius 3 is 2.86 bits per heavy atom. The van der Waals surface area contributed by atoms with E-state index in [1.54, 1.807) is 11.3 Å². The van der Waals surface area contributed by atoms with Crippen LogP contribution >= 0.6 is 11.3 Å². The van der Waals surface area contributed by atoms with E-state index in [-0.39, 0.29) is 17.7 Å². The molecule has 1 fully saturated rings. The summed E-state index contributed by atoms with van der Waals surface area (Å²) in [5, 5.41) is 9.87. The summed E-state index contributed by atoms with van der Waals surface area (Å²) in [6.07, 6.45) is 5.12. The molecule has 2 aliphatic rings. The van der Waals surface area contributed by atoms with Gasteiger partial charge in [0.1, 0.15) is 5.00 Å². The first-order valence-electron chi connectivity index (χ1n) is 8.15. The summed E-state index contributed by atoms with van der Waals surface area (Å²) in [5.41, 5.74) is 1.86. The predicted octanol–water partition coefficient (Wildman–Crippen LogP) is 1.92. The number of fused-ring (bicyclic) bond motifs is 1. The van der Waals surface area contributed by atoms with Crippen molar-refractivity contribution >= 4 is 28.2 Å². The molecular weight excluding hydrogens is 298 g/mol.